The first-order chi connectivity index (χ1) is 9.75. The Kier molecular flexibility index (Phi) is 2.09. The number of para-hydroxylation sites is 2. The highest BCUT2D eigenvalue weighted by Crippen LogP contribution is 2.34. The molecule has 0 atom stereocenters. The predicted octanol–water partition coefficient (Wildman–Crippen LogP) is 3.83. The fourth-order valence-electron chi connectivity index (χ4n) is 2.56. The third-order valence-corrected chi connectivity index (χ3v) is 3.42. The predicted molar refractivity (Wildman–Crippen MR) is 76.0 cm³/mol. The lowest BCUT2D eigenvalue weighted by Crippen LogP contribution is -2.01. The lowest BCUT2D eigenvalue weighted by Gasteiger charge is -2.01. The molecule has 0 unspecified atom stereocenters. The zero-order valence-corrected chi connectivity index (χ0v) is 10.3. The molecule has 96 valence electrons. The Bertz CT molecular complexity index is 985. The highest BCUT2D eigenvalue weighted by Gasteiger charge is 2.19. The van der Waals surface area contributed by atoms with Crippen molar-refractivity contribution in [2.45, 2.75) is 0 Å². The summed E-state index contributed by atoms with van der Waals surface area (Å²) in [5.74, 6) is -1.05. The van der Waals surface area contributed by atoms with Crippen LogP contribution in [0, 0.1) is 0 Å². The van der Waals surface area contributed by atoms with E-state index >= 15 is 0 Å². The molecule has 0 aliphatic heterocycles. The van der Waals surface area contributed by atoms with Crippen LogP contribution in [0.25, 0.3) is 32.8 Å². The van der Waals surface area contributed by atoms with Crippen LogP contribution in [0.5, 0.6) is 0 Å². The van der Waals surface area contributed by atoms with E-state index in [-0.39, 0.29) is 5.69 Å². The Balaban J connectivity index is 2.36. The lowest BCUT2D eigenvalue weighted by atomic mass is 10.1. The van der Waals surface area contributed by atoms with Crippen LogP contribution < -0.4 is 0 Å². The smallest absolute Gasteiger partial charge is 0.355 e. The third-order valence-electron chi connectivity index (χ3n) is 3.42. The molecule has 2 heterocycles. The molecule has 0 spiro atoms. The van der Waals surface area contributed by atoms with Crippen molar-refractivity contribution in [2.75, 3.05) is 0 Å². The van der Waals surface area contributed by atoms with Gasteiger partial charge in [0.25, 0.3) is 0 Å². The molecule has 0 saturated carbocycles. The van der Waals surface area contributed by atoms with E-state index in [0.29, 0.717) is 22.1 Å². The van der Waals surface area contributed by atoms with Crippen molar-refractivity contribution in [3.63, 3.8) is 0 Å². The van der Waals surface area contributed by atoms with Gasteiger partial charge in [0.1, 0.15) is 11.2 Å². The number of nitrogens with zero attached hydrogens (tertiary/aromatic N) is 1. The molecule has 2 aromatic heterocycles. The Morgan fingerprint density at radius 3 is 2.50 bits per heavy atom. The van der Waals surface area contributed by atoms with Crippen LogP contribution in [-0.4, -0.2) is 16.1 Å². The zero-order chi connectivity index (χ0) is 13.7. The van der Waals surface area contributed by atoms with Crippen molar-refractivity contribution in [1.29, 1.82) is 0 Å². The van der Waals surface area contributed by atoms with E-state index in [1.165, 1.54) is 0 Å². The van der Waals surface area contributed by atoms with E-state index in [0.717, 1.165) is 10.8 Å². The first-order valence-corrected chi connectivity index (χ1v) is 6.19. The number of pyridine rings is 1. The Morgan fingerprint density at radius 1 is 1.00 bits per heavy atom. The Morgan fingerprint density at radius 2 is 1.70 bits per heavy atom. The van der Waals surface area contributed by atoms with Gasteiger partial charge in [0.15, 0.2) is 5.69 Å². The van der Waals surface area contributed by atoms with Crippen LogP contribution in [0.2, 0.25) is 0 Å². The number of aromatic carboxylic acids is 1. The number of carboxylic acids is 1. The quantitative estimate of drug-likeness (QED) is 0.566. The first-order valence-electron chi connectivity index (χ1n) is 6.19. The molecule has 0 radical (unpaired) electrons. The summed E-state index contributed by atoms with van der Waals surface area (Å²) >= 11 is 0. The number of benzene rings is 2. The lowest BCUT2D eigenvalue weighted by molar-refractivity contribution is 0.0693. The summed E-state index contributed by atoms with van der Waals surface area (Å²) in [6, 6.07) is 14.8. The van der Waals surface area contributed by atoms with E-state index < -0.39 is 5.97 Å². The second-order valence-corrected chi connectivity index (χ2v) is 4.59. The minimum absolute atomic E-state index is 0.0312. The van der Waals surface area contributed by atoms with Crippen molar-refractivity contribution in [3.05, 3.63) is 54.2 Å². The molecule has 4 nitrogen and oxygen atoms in total. The molecular weight excluding hydrogens is 254 g/mol. The van der Waals surface area contributed by atoms with Crippen LogP contribution in [0.15, 0.2) is 52.9 Å². The monoisotopic (exact) mass is 263 g/mol. The van der Waals surface area contributed by atoms with Gasteiger partial charge in [0.05, 0.1) is 10.9 Å². The molecule has 0 aliphatic rings. The number of aromatic nitrogens is 1. The fourth-order valence-corrected chi connectivity index (χ4v) is 2.56. The number of rotatable bonds is 1. The van der Waals surface area contributed by atoms with Gasteiger partial charge in [-0.2, -0.15) is 0 Å². The Hall–Kier alpha value is -2.88. The summed E-state index contributed by atoms with van der Waals surface area (Å²) < 4.78 is 5.85. The molecule has 0 aliphatic carbocycles. The van der Waals surface area contributed by atoms with Gasteiger partial charge in [-0.3, -0.25) is 0 Å². The summed E-state index contributed by atoms with van der Waals surface area (Å²) in [6.45, 7) is 0. The number of fused-ring (bicyclic) bond motifs is 5. The maximum absolute atomic E-state index is 11.5. The SMILES string of the molecule is O=C(O)c1nc2ccccc2c2oc3ccccc3c12. The highest BCUT2D eigenvalue weighted by atomic mass is 16.4. The Labute approximate surface area is 113 Å². The molecule has 20 heavy (non-hydrogen) atoms. The molecule has 1 N–H and O–H groups in total. The molecular formula is C16H9NO3. The van der Waals surface area contributed by atoms with Gasteiger partial charge >= 0.3 is 5.97 Å². The van der Waals surface area contributed by atoms with Crippen molar-refractivity contribution < 1.29 is 14.3 Å². The first kappa shape index (κ1) is 11.0. The minimum atomic E-state index is -1.05. The summed E-state index contributed by atoms with van der Waals surface area (Å²) in [7, 11) is 0. The minimum Gasteiger partial charge on any atom is -0.476 e. The summed E-state index contributed by atoms with van der Waals surface area (Å²) in [6.07, 6.45) is 0. The highest BCUT2D eigenvalue weighted by molar-refractivity contribution is 6.20. The maximum atomic E-state index is 11.5. The summed E-state index contributed by atoms with van der Waals surface area (Å²) in [5, 5.41) is 11.6. The average Bonchev–Trinajstić information content (AvgIpc) is 2.86. The van der Waals surface area contributed by atoms with Gasteiger partial charge in [-0.05, 0) is 18.2 Å². The molecule has 0 amide bonds. The van der Waals surface area contributed by atoms with E-state index in [4.69, 9.17) is 4.42 Å². The summed E-state index contributed by atoms with van der Waals surface area (Å²) in [5.41, 5.74) is 1.90. The zero-order valence-electron chi connectivity index (χ0n) is 10.3. The topological polar surface area (TPSA) is 63.3 Å². The largest absolute Gasteiger partial charge is 0.476 e. The van der Waals surface area contributed by atoms with Gasteiger partial charge in [0, 0.05) is 10.8 Å². The van der Waals surface area contributed by atoms with Crippen LogP contribution >= 0.6 is 0 Å². The van der Waals surface area contributed by atoms with Crippen LogP contribution in [0.1, 0.15) is 10.5 Å². The summed E-state index contributed by atoms with van der Waals surface area (Å²) in [4.78, 5) is 15.8. The van der Waals surface area contributed by atoms with Crippen molar-refractivity contribution >= 4 is 38.8 Å². The van der Waals surface area contributed by atoms with Crippen molar-refractivity contribution in [1.82, 2.24) is 4.98 Å². The van der Waals surface area contributed by atoms with Crippen LogP contribution in [-0.2, 0) is 0 Å². The maximum Gasteiger partial charge on any atom is 0.355 e. The van der Waals surface area contributed by atoms with E-state index in [1.807, 2.05) is 42.5 Å². The molecule has 0 bridgehead atoms. The number of furan rings is 1. The van der Waals surface area contributed by atoms with E-state index in [2.05, 4.69) is 4.98 Å². The molecule has 0 fully saturated rings. The van der Waals surface area contributed by atoms with Gasteiger partial charge in [-0.25, -0.2) is 9.78 Å². The number of carboxylic acid groups (broad SMARTS) is 1. The van der Waals surface area contributed by atoms with Gasteiger partial charge in [-0.15, -0.1) is 0 Å². The van der Waals surface area contributed by atoms with E-state index in [9.17, 15) is 9.90 Å². The second-order valence-electron chi connectivity index (χ2n) is 4.59. The molecule has 4 rings (SSSR count). The second kappa shape index (κ2) is 3.81. The molecule has 4 heteroatoms. The number of hydrogen-bond donors (Lipinski definition) is 1. The van der Waals surface area contributed by atoms with Crippen molar-refractivity contribution in [3.8, 4) is 0 Å². The number of hydrogen-bond acceptors (Lipinski definition) is 3. The standard InChI is InChI=1S/C16H9NO3/c18-16(19)14-13-10-6-2-4-8-12(10)20-15(13)9-5-1-3-7-11(9)17-14/h1-8H,(H,18,19). The molecule has 0 saturated heterocycles. The van der Waals surface area contributed by atoms with E-state index in [1.54, 1.807) is 6.07 Å². The third kappa shape index (κ3) is 1.36. The molecule has 4 aromatic rings. The van der Waals surface area contributed by atoms with Crippen molar-refractivity contribution in [2.24, 2.45) is 0 Å². The van der Waals surface area contributed by atoms with Gasteiger partial charge in [-0.1, -0.05) is 30.3 Å². The van der Waals surface area contributed by atoms with Crippen LogP contribution in [0.4, 0.5) is 0 Å². The van der Waals surface area contributed by atoms with Gasteiger partial charge in [0.2, 0.25) is 0 Å². The normalized spacial score (nSPS) is 11.4. The van der Waals surface area contributed by atoms with Gasteiger partial charge < -0.3 is 9.52 Å². The fraction of sp³-hybridized carbons (Fsp3) is 0. The number of carbonyl (C=O) groups is 1. The average molecular weight is 263 g/mol. The van der Waals surface area contributed by atoms with Crippen LogP contribution in [0.3, 0.4) is 0 Å². The molecule has 2 aromatic carbocycles.